The Morgan fingerprint density at radius 3 is 2.71 bits per heavy atom. The van der Waals surface area contributed by atoms with Gasteiger partial charge in [-0.1, -0.05) is 43.6 Å². The lowest BCUT2D eigenvalue weighted by Crippen LogP contribution is -2.26. The van der Waals surface area contributed by atoms with E-state index in [-0.39, 0.29) is 0 Å². The summed E-state index contributed by atoms with van der Waals surface area (Å²) in [5.41, 5.74) is 2.40. The van der Waals surface area contributed by atoms with Crippen LogP contribution in [0.25, 0.3) is 0 Å². The van der Waals surface area contributed by atoms with Crippen LogP contribution in [0.15, 0.2) is 35.7 Å². The van der Waals surface area contributed by atoms with E-state index in [1.165, 1.54) is 10.4 Å². The van der Waals surface area contributed by atoms with Crippen molar-refractivity contribution in [1.82, 2.24) is 5.32 Å². The summed E-state index contributed by atoms with van der Waals surface area (Å²) >= 11 is 8.24. The second kappa shape index (κ2) is 7.83. The first-order valence-corrected chi connectivity index (χ1v) is 8.58. The van der Waals surface area contributed by atoms with Crippen molar-refractivity contribution in [2.75, 3.05) is 18.5 Å². The van der Waals surface area contributed by atoms with E-state index in [0.717, 1.165) is 30.2 Å². The molecule has 0 aliphatic rings. The first kappa shape index (κ1) is 16.3. The predicted molar refractivity (Wildman–Crippen MR) is 94.7 cm³/mol. The molecule has 0 saturated heterocycles. The molecule has 4 heteroatoms. The number of hydrogen-bond acceptors (Lipinski definition) is 3. The van der Waals surface area contributed by atoms with E-state index < -0.39 is 0 Å². The van der Waals surface area contributed by atoms with Gasteiger partial charge in [0.25, 0.3) is 0 Å². The number of nitrogens with one attached hydrogen (secondary N) is 1. The maximum atomic E-state index is 6.43. The Morgan fingerprint density at radius 1 is 1.24 bits per heavy atom. The van der Waals surface area contributed by atoms with Gasteiger partial charge in [-0.2, -0.15) is 0 Å². The van der Waals surface area contributed by atoms with Crippen LogP contribution in [0.5, 0.6) is 0 Å². The third-order valence-electron chi connectivity index (χ3n) is 3.43. The van der Waals surface area contributed by atoms with Crippen LogP contribution in [0, 0.1) is 0 Å². The van der Waals surface area contributed by atoms with Crippen molar-refractivity contribution in [3.05, 3.63) is 51.2 Å². The summed E-state index contributed by atoms with van der Waals surface area (Å²) in [5.74, 6) is 0. The third kappa shape index (κ3) is 4.73. The van der Waals surface area contributed by atoms with Crippen LogP contribution in [-0.4, -0.2) is 19.6 Å². The summed E-state index contributed by atoms with van der Waals surface area (Å²) in [7, 11) is 2.12. The van der Waals surface area contributed by atoms with Crippen molar-refractivity contribution in [2.45, 2.75) is 32.9 Å². The van der Waals surface area contributed by atoms with Crippen molar-refractivity contribution in [3.8, 4) is 0 Å². The zero-order chi connectivity index (χ0) is 15.2. The monoisotopic (exact) mass is 322 g/mol. The van der Waals surface area contributed by atoms with Crippen LogP contribution >= 0.6 is 22.9 Å². The Bertz CT molecular complexity index is 552. The first-order valence-electron chi connectivity index (χ1n) is 7.32. The summed E-state index contributed by atoms with van der Waals surface area (Å²) in [6, 6.07) is 10.9. The number of thiophene rings is 1. The average molecular weight is 323 g/mol. The topological polar surface area (TPSA) is 15.3 Å². The third-order valence-corrected chi connectivity index (χ3v) is 4.67. The van der Waals surface area contributed by atoms with Gasteiger partial charge in [0.1, 0.15) is 0 Å². The van der Waals surface area contributed by atoms with Gasteiger partial charge >= 0.3 is 0 Å². The predicted octanol–water partition coefficient (Wildman–Crippen LogP) is 4.58. The van der Waals surface area contributed by atoms with Crippen LogP contribution in [0.1, 0.15) is 24.3 Å². The van der Waals surface area contributed by atoms with Crippen LogP contribution in [0.4, 0.5) is 5.69 Å². The summed E-state index contributed by atoms with van der Waals surface area (Å²) in [4.78, 5) is 3.68. The largest absolute Gasteiger partial charge is 0.373 e. The Morgan fingerprint density at radius 2 is 2.05 bits per heavy atom. The lowest BCUT2D eigenvalue weighted by atomic mass is 10.1. The fourth-order valence-corrected chi connectivity index (χ4v) is 3.33. The van der Waals surface area contributed by atoms with Gasteiger partial charge in [-0.15, -0.1) is 11.3 Å². The van der Waals surface area contributed by atoms with E-state index in [9.17, 15) is 0 Å². The maximum Gasteiger partial charge on any atom is 0.0642 e. The Kier molecular flexibility index (Phi) is 6.09. The van der Waals surface area contributed by atoms with Crippen molar-refractivity contribution in [2.24, 2.45) is 0 Å². The standard InChI is InChI=1S/C17H23ClN2S/c1-13(2)19-12-14-6-4-8-16(18)17(14)20(3)10-9-15-7-5-11-21-15/h4-8,11,13,19H,9-10,12H2,1-3H3. The summed E-state index contributed by atoms with van der Waals surface area (Å²) < 4.78 is 0. The van der Waals surface area contributed by atoms with Crippen molar-refractivity contribution < 1.29 is 0 Å². The Labute approximate surface area is 136 Å². The van der Waals surface area contributed by atoms with Crippen LogP contribution in [0.2, 0.25) is 5.02 Å². The number of benzene rings is 1. The number of hydrogen-bond donors (Lipinski definition) is 1. The lowest BCUT2D eigenvalue weighted by molar-refractivity contribution is 0.588. The normalized spacial score (nSPS) is 11.1. The number of nitrogens with zero attached hydrogens (tertiary/aromatic N) is 1. The van der Waals surface area contributed by atoms with Gasteiger partial charge < -0.3 is 10.2 Å². The molecule has 0 bridgehead atoms. The molecule has 0 atom stereocenters. The molecule has 0 aliphatic carbocycles. The molecule has 0 aliphatic heterocycles. The number of rotatable bonds is 7. The minimum Gasteiger partial charge on any atom is -0.373 e. The van der Waals surface area contributed by atoms with E-state index in [1.807, 2.05) is 23.5 Å². The van der Waals surface area contributed by atoms with Gasteiger partial charge in [0, 0.05) is 31.1 Å². The minimum absolute atomic E-state index is 0.466. The van der Waals surface area contributed by atoms with Gasteiger partial charge in [-0.25, -0.2) is 0 Å². The molecular formula is C17H23ClN2S. The molecule has 0 spiro atoms. The molecule has 1 N–H and O–H groups in total. The first-order chi connectivity index (χ1) is 10.1. The molecule has 1 heterocycles. The van der Waals surface area contributed by atoms with E-state index >= 15 is 0 Å². The van der Waals surface area contributed by atoms with E-state index in [1.54, 1.807) is 0 Å². The van der Waals surface area contributed by atoms with Gasteiger partial charge in [-0.05, 0) is 29.5 Å². The van der Waals surface area contributed by atoms with Crippen molar-refractivity contribution in [1.29, 1.82) is 0 Å². The van der Waals surface area contributed by atoms with Gasteiger partial charge in [-0.3, -0.25) is 0 Å². The van der Waals surface area contributed by atoms with Crippen molar-refractivity contribution in [3.63, 3.8) is 0 Å². The molecule has 1 aromatic carbocycles. The van der Waals surface area contributed by atoms with Crippen LogP contribution in [-0.2, 0) is 13.0 Å². The SMILES string of the molecule is CC(C)NCc1cccc(Cl)c1N(C)CCc1cccs1. The fraction of sp³-hybridized carbons (Fsp3) is 0.412. The quantitative estimate of drug-likeness (QED) is 0.802. The highest BCUT2D eigenvalue weighted by molar-refractivity contribution is 7.09. The molecule has 0 radical (unpaired) electrons. The number of likely N-dealkylation sites (N-methyl/N-ethyl adjacent to an activating group) is 1. The molecule has 21 heavy (non-hydrogen) atoms. The molecule has 2 nitrogen and oxygen atoms in total. The van der Waals surface area contributed by atoms with Gasteiger partial charge in [0.15, 0.2) is 0 Å². The molecule has 0 unspecified atom stereocenters. The number of para-hydroxylation sites is 1. The number of anilines is 1. The van der Waals surface area contributed by atoms with Crippen LogP contribution in [0.3, 0.4) is 0 Å². The summed E-state index contributed by atoms with van der Waals surface area (Å²) in [5, 5.41) is 6.42. The zero-order valence-electron chi connectivity index (χ0n) is 12.9. The number of halogens is 1. The summed E-state index contributed by atoms with van der Waals surface area (Å²) in [6.07, 6.45) is 1.05. The zero-order valence-corrected chi connectivity index (χ0v) is 14.5. The van der Waals surface area contributed by atoms with E-state index in [0.29, 0.717) is 6.04 Å². The molecule has 114 valence electrons. The Hall–Kier alpha value is -1.03. The molecule has 0 saturated carbocycles. The van der Waals surface area contributed by atoms with Gasteiger partial charge in [0.05, 0.1) is 10.7 Å². The molecule has 0 amide bonds. The molecule has 2 rings (SSSR count). The van der Waals surface area contributed by atoms with Crippen LogP contribution < -0.4 is 10.2 Å². The molecular weight excluding hydrogens is 300 g/mol. The highest BCUT2D eigenvalue weighted by atomic mass is 35.5. The lowest BCUT2D eigenvalue weighted by Gasteiger charge is -2.24. The minimum atomic E-state index is 0.466. The second-order valence-electron chi connectivity index (χ2n) is 5.53. The average Bonchev–Trinajstić information content (AvgIpc) is 2.95. The molecule has 1 aromatic heterocycles. The molecule has 0 fully saturated rings. The molecule has 2 aromatic rings. The summed E-state index contributed by atoms with van der Waals surface area (Å²) in [6.45, 7) is 6.13. The fourth-order valence-electron chi connectivity index (χ4n) is 2.29. The Balaban J connectivity index is 2.08. The maximum absolute atomic E-state index is 6.43. The van der Waals surface area contributed by atoms with Crippen molar-refractivity contribution >= 4 is 28.6 Å². The highest BCUT2D eigenvalue weighted by Crippen LogP contribution is 2.29. The smallest absolute Gasteiger partial charge is 0.0642 e. The highest BCUT2D eigenvalue weighted by Gasteiger charge is 2.12. The van der Waals surface area contributed by atoms with E-state index in [4.69, 9.17) is 11.6 Å². The van der Waals surface area contributed by atoms with E-state index in [2.05, 4.69) is 54.7 Å². The van der Waals surface area contributed by atoms with Gasteiger partial charge in [0.2, 0.25) is 0 Å². The second-order valence-corrected chi connectivity index (χ2v) is 6.97.